The highest BCUT2D eigenvalue weighted by molar-refractivity contribution is 5.26. The second-order valence-corrected chi connectivity index (χ2v) is 4.03. The molecule has 1 atom stereocenters. The van der Waals surface area contributed by atoms with E-state index in [-0.39, 0.29) is 6.04 Å². The second kappa shape index (κ2) is 5.87. The molecule has 1 unspecified atom stereocenters. The van der Waals surface area contributed by atoms with E-state index >= 15 is 0 Å². The predicted octanol–water partition coefficient (Wildman–Crippen LogP) is 3.54. The van der Waals surface area contributed by atoms with Crippen molar-refractivity contribution in [1.82, 2.24) is 0 Å². The molecule has 0 aliphatic rings. The summed E-state index contributed by atoms with van der Waals surface area (Å²) in [4.78, 5) is 0. The van der Waals surface area contributed by atoms with Crippen LogP contribution in [-0.4, -0.2) is 6.04 Å². The van der Waals surface area contributed by atoms with E-state index in [0.29, 0.717) is 12.0 Å². The average Bonchev–Trinajstić information content (AvgIpc) is 2.25. The molecule has 0 fully saturated rings. The third-order valence-electron chi connectivity index (χ3n) is 2.49. The van der Waals surface area contributed by atoms with Crippen molar-refractivity contribution in [2.45, 2.75) is 31.5 Å². The lowest BCUT2D eigenvalue weighted by Gasteiger charge is -2.12. The topological polar surface area (TPSA) is 26.0 Å². The van der Waals surface area contributed by atoms with Gasteiger partial charge in [-0.25, -0.2) is 0 Å². The van der Waals surface area contributed by atoms with E-state index in [1.807, 2.05) is 0 Å². The summed E-state index contributed by atoms with van der Waals surface area (Å²) in [5.41, 5.74) is 5.82. The molecule has 1 nitrogen and oxygen atoms in total. The Kier molecular flexibility index (Phi) is 4.75. The van der Waals surface area contributed by atoms with Crippen LogP contribution in [0.2, 0.25) is 0 Å². The molecular weight excluding hydrogens is 227 g/mol. The minimum absolute atomic E-state index is 0.128. The van der Waals surface area contributed by atoms with Gasteiger partial charge in [-0.05, 0) is 30.9 Å². The number of hydrogen-bond acceptors (Lipinski definition) is 1. The molecule has 1 aromatic rings. The van der Waals surface area contributed by atoms with E-state index in [4.69, 9.17) is 5.73 Å². The molecule has 0 bridgehead atoms. The van der Waals surface area contributed by atoms with Crippen molar-refractivity contribution in [3.8, 4) is 0 Å². The van der Waals surface area contributed by atoms with E-state index in [1.54, 1.807) is 12.1 Å². The number of rotatable bonds is 5. The zero-order chi connectivity index (χ0) is 12.9. The highest BCUT2D eigenvalue weighted by Gasteiger charge is 2.30. The van der Waals surface area contributed by atoms with Gasteiger partial charge in [0.15, 0.2) is 0 Å². The standard InChI is InChI=1S/C13H16F3N/c1-2-3-7-12(17)9-10-5-4-6-11(8-10)13(14,15)16/h2,4-6,8,12H,1,3,7,9,17H2. The fourth-order valence-electron chi connectivity index (χ4n) is 1.61. The summed E-state index contributed by atoms with van der Waals surface area (Å²) in [6.07, 6.45) is -0.565. The molecule has 0 saturated heterocycles. The van der Waals surface area contributed by atoms with Gasteiger partial charge in [-0.3, -0.25) is 0 Å². The highest BCUT2D eigenvalue weighted by atomic mass is 19.4. The van der Waals surface area contributed by atoms with Crippen LogP contribution < -0.4 is 5.73 Å². The van der Waals surface area contributed by atoms with Crippen molar-refractivity contribution in [2.24, 2.45) is 5.73 Å². The first-order valence-electron chi connectivity index (χ1n) is 5.46. The maximum Gasteiger partial charge on any atom is 0.416 e. The molecule has 4 heteroatoms. The highest BCUT2D eigenvalue weighted by Crippen LogP contribution is 2.29. The average molecular weight is 243 g/mol. The SMILES string of the molecule is C=CCCC(N)Cc1cccc(C(F)(F)F)c1. The van der Waals surface area contributed by atoms with E-state index in [0.717, 1.165) is 25.0 Å². The Morgan fingerprint density at radius 2 is 2.06 bits per heavy atom. The van der Waals surface area contributed by atoms with Crippen LogP contribution in [0.4, 0.5) is 13.2 Å². The first-order chi connectivity index (χ1) is 7.93. The van der Waals surface area contributed by atoms with Crippen molar-refractivity contribution < 1.29 is 13.2 Å². The summed E-state index contributed by atoms with van der Waals surface area (Å²) in [6, 6.07) is 5.19. The van der Waals surface area contributed by atoms with Gasteiger partial charge in [0.05, 0.1) is 5.56 Å². The first-order valence-corrected chi connectivity index (χ1v) is 5.46. The molecule has 0 saturated carbocycles. The molecule has 0 aromatic heterocycles. The fourth-order valence-corrected chi connectivity index (χ4v) is 1.61. The van der Waals surface area contributed by atoms with Gasteiger partial charge in [-0.1, -0.05) is 24.3 Å². The lowest BCUT2D eigenvalue weighted by atomic mass is 10.0. The van der Waals surface area contributed by atoms with Gasteiger partial charge in [-0.15, -0.1) is 6.58 Å². The summed E-state index contributed by atoms with van der Waals surface area (Å²) >= 11 is 0. The monoisotopic (exact) mass is 243 g/mol. The summed E-state index contributed by atoms with van der Waals surface area (Å²) < 4.78 is 37.4. The predicted molar refractivity (Wildman–Crippen MR) is 62.6 cm³/mol. The molecule has 17 heavy (non-hydrogen) atoms. The smallest absolute Gasteiger partial charge is 0.327 e. The summed E-state index contributed by atoms with van der Waals surface area (Å²) in [5, 5.41) is 0. The molecule has 0 aliphatic heterocycles. The number of hydrogen-bond donors (Lipinski definition) is 1. The molecule has 0 heterocycles. The van der Waals surface area contributed by atoms with Crippen LogP contribution in [0.5, 0.6) is 0 Å². The van der Waals surface area contributed by atoms with Crippen LogP contribution in [0.25, 0.3) is 0 Å². The van der Waals surface area contributed by atoms with Crippen LogP contribution in [0.1, 0.15) is 24.0 Å². The van der Waals surface area contributed by atoms with Crippen LogP contribution in [0, 0.1) is 0 Å². The Bertz CT molecular complexity index is 371. The summed E-state index contributed by atoms with van der Waals surface area (Å²) in [6.45, 7) is 3.58. The molecule has 1 aromatic carbocycles. The van der Waals surface area contributed by atoms with Crippen molar-refractivity contribution in [3.05, 3.63) is 48.0 Å². The normalized spacial score (nSPS) is 13.4. The second-order valence-electron chi connectivity index (χ2n) is 4.03. The van der Waals surface area contributed by atoms with E-state index in [1.165, 1.54) is 6.07 Å². The molecule has 0 spiro atoms. The van der Waals surface area contributed by atoms with Crippen LogP contribution in [-0.2, 0) is 12.6 Å². The molecular formula is C13H16F3N. The van der Waals surface area contributed by atoms with Crippen molar-refractivity contribution in [3.63, 3.8) is 0 Å². The Labute approximate surface area is 99.1 Å². The molecule has 94 valence electrons. The van der Waals surface area contributed by atoms with Crippen molar-refractivity contribution in [2.75, 3.05) is 0 Å². The Morgan fingerprint density at radius 3 is 2.65 bits per heavy atom. The third kappa shape index (κ3) is 4.61. The van der Waals surface area contributed by atoms with Gasteiger partial charge in [0.1, 0.15) is 0 Å². The first kappa shape index (κ1) is 13.8. The number of nitrogens with two attached hydrogens (primary N) is 1. The minimum Gasteiger partial charge on any atom is -0.327 e. The van der Waals surface area contributed by atoms with Gasteiger partial charge in [0.25, 0.3) is 0 Å². The van der Waals surface area contributed by atoms with E-state index in [9.17, 15) is 13.2 Å². The maximum absolute atomic E-state index is 12.5. The lowest BCUT2D eigenvalue weighted by molar-refractivity contribution is -0.137. The van der Waals surface area contributed by atoms with Gasteiger partial charge in [0, 0.05) is 6.04 Å². The van der Waals surface area contributed by atoms with Gasteiger partial charge < -0.3 is 5.73 Å². The van der Waals surface area contributed by atoms with Crippen molar-refractivity contribution in [1.29, 1.82) is 0 Å². The van der Waals surface area contributed by atoms with Gasteiger partial charge >= 0.3 is 6.18 Å². The Balaban J connectivity index is 2.69. The Morgan fingerprint density at radius 1 is 1.35 bits per heavy atom. The van der Waals surface area contributed by atoms with E-state index < -0.39 is 11.7 Å². The quantitative estimate of drug-likeness (QED) is 0.786. The Hall–Kier alpha value is -1.29. The minimum atomic E-state index is -4.29. The zero-order valence-electron chi connectivity index (χ0n) is 9.50. The largest absolute Gasteiger partial charge is 0.416 e. The van der Waals surface area contributed by atoms with Crippen LogP contribution in [0.15, 0.2) is 36.9 Å². The van der Waals surface area contributed by atoms with Gasteiger partial charge in [0.2, 0.25) is 0 Å². The van der Waals surface area contributed by atoms with Crippen molar-refractivity contribution >= 4 is 0 Å². The molecule has 1 rings (SSSR count). The maximum atomic E-state index is 12.5. The van der Waals surface area contributed by atoms with Gasteiger partial charge in [-0.2, -0.15) is 13.2 Å². The number of alkyl halides is 3. The van der Waals surface area contributed by atoms with Crippen LogP contribution in [0.3, 0.4) is 0 Å². The molecule has 0 aliphatic carbocycles. The fraction of sp³-hybridized carbons (Fsp3) is 0.385. The lowest BCUT2D eigenvalue weighted by Crippen LogP contribution is -2.22. The van der Waals surface area contributed by atoms with E-state index in [2.05, 4.69) is 6.58 Å². The zero-order valence-corrected chi connectivity index (χ0v) is 9.50. The summed E-state index contributed by atoms with van der Waals surface area (Å²) in [5.74, 6) is 0. The molecule has 0 radical (unpaired) electrons. The number of benzene rings is 1. The van der Waals surface area contributed by atoms with Crippen LogP contribution >= 0.6 is 0 Å². The third-order valence-corrected chi connectivity index (χ3v) is 2.49. The summed E-state index contributed by atoms with van der Waals surface area (Å²) in [7, 11) is 0. The molecule has 0 amide bonds. The number of allylic oxidation sites excluding steroid dienone is 1. The molecule has 2 N–H and O–H groups in total. The number of halogens is 3.